The first kappa shape index (κ1) is 12.7. The van der Waals surface area contributed by atoms with E-state index in [1.54, 1.807) is 10.6 Å². The zero-order valence-electron chi connectivity index (χ0n) is 11.1. The fourth-order valence-electron chi connectivity index (χ4n) is 2.70. The van der Waals surface area contributed by atoms with Gasteiger partial charge in [-0.15, -0.1) is 5.10 Å². The SMILES string of the molecule is CCNc1cc(Cl)nc2nc(C3CCCCC3)nn12. The summed E-state index contributed by atoms with van der Waals surface area (Å²) < 4.78 is 1.76. The predicted molar refractivity (Wildman–Crippen MR) is 75.8 cm³/mol. The van der Waals surface area contributed by atoms with E-state index in [2.05, 4.69) is 20.4 Å². The summed E-state index contributed by atoms with van der Waals surface area (Å²) in [4.78, 5) is 8.81. The van der Waals surface area contributed by atoms with Crippen molar-refractivity contribution in [2.24, 2.45) is 0 Å². The van der Waals surface area contributed by atoms with Gasteiger partial charge in [-0.05, 0) is 19.8 Å². The summed E-state index contributed by atoms with van der Waals surface area (Å²) in [6.45, 7) is 2.85. The van der Waals surface area contributed by atoms with Crippen LogP contribution in [0, 0.1) is 0 Å². The van der Waals surface area contributed by atoms with E-state index in [1.807, 2.05) is 6.92 Å². The Bertz CT molecular complexity index is 574. The Balaban J connectivity index is 2.01. The molecule has 1 fully saturated rings. The summed E-state index contributed by atoms with van der Waals surface area (Å²) in [5, 5.41) is 8.31. The molecule has 102 valence electrons. The van der Waals surface area contributed by atoms with E-state index in [1.165, 1.54) is 32.1 Å². The highest BCUT2D eigenvalue weighted by molar-refractivity contribution is 6.29. The summed E-state index contributed by atoms with van der Waals surface area (Å²) in [5.74, 6) is 2.83. The van der Waals surface area contributed by atoms with Crippen LogP contribution in [0.2, 0.25) is 5.15 Å². The first-order chi connectivity index (χ1) is 9.28. The average Bonchev–Trinajstić information content (AvgIpc) is 2.84. The molecule has 0 atom stereocenters. The van der Waals surface area contributed by atoms with Gasteiger partial charge in [0.25, 0.3) is 5.78 Å². The van der Waals surface area contributed by atoms with Crippen LogP contribution in [-0.2, 0) is 0 Å². The lowest BCUT2D eigenvalue weighted by Crippen LogP contribution is -2.07. The summed E-state index contributed by atoms with van der Waals surface area (Å²) in [7, 11) is 0. The van der Waals surface area contributed by atoms with Crippen LogP contribution in [0.3, 0.4) is 0 Å². The lowest BCUT2D eigenvalue weighted by Gasteiger charge is -2.17. The second-order valence-corrected chi connectivity index (χ2v) is 5.40. The maximum atomic E-state index is 6.02. The third kappa shape index (κ3) is 2.52. The molecule has 0 bridgehead atoms. The molecule has 3 rings (SSSR count). The Morgan fingerprint density at radius 2 is 2.11 bits per heavy atom. The number of hydrogen-bond donors (Lipinski definition) is 1. The van der Waals surface area contributed by atoms with Gasteiger partial charge in [0.2, 0.25) is 0 Å². The van der Waals surface area contributed by atoms with Crippen molar-refractivity contribution in [1.29, 1.82) is 0 Å². The molecule has 2 heterocycles. The molecule has 0 amide bonds. The molecule has 0 spiro atoms. The largest absolute Gasteiger partial charge is 0.370 e. The third-order valence-electron chi connectivity index (χ3n) is 3.63. The maximum absolute atomic E-state index is 6.02. The molecule has 0 unspecified atom stereocenters. The molecule has 1 N–H and O–H groups in total. The molecule has 19 heavy (non-hydrogen) atoms. The van der Waals surface area contributed by atoms with Crippen molar-refractivity contribution in [3.63, 3.8) is 0 Å². The second-order valence-electron chi connectivity index (χ2n) is 5.01. The zero-order chi connectivity index (χ0) is 13.2. The quantitative estimate of drug-likeness (QED) is 0.876. The van der Waals surface area contributed by atoms with Crippen molar-refractivity contribution in [1.82, 2.24) is 19.6 Å². The summed E-state index contributed by atoms with van der Waals surface area (Å²) >= 11 is 6.02. The van der Waals surface area contributed by atoms with E-state index in [0.29, 0.717) is 16.8 Å². The lowest BCUT2D eigenvalue weighted by molar-refractivity contribution is 0.429. The molecule has 1 aliphatic rings. The van der Waals surface area contributed by atoms with Crippen LogP contribution in [0.1, 0.15) is 50.8 Å². The fraction of sp³-hybridized carbons (Fsp3) is 0.615. The molecule has 1 saturated carbocycles. The van der Waals surface area contributed by atoms with Gasteiger partial charge in [-0.1, -0.05) is 30.9 Å². The minimum atomic E-state index is 0.450. The third-order valence-corrected chi connectivity index (χ3v) is 3.82. The zero-order valence-corrected chi connectivity index (χ0v) is 11.8. The molecule has 5 nitrogen and oxygen atoms in total. The van der Waals surface area contributed by atoms with E-state index in [-0.39, 0.29) is 0 Å². The van der Waals surface area contributed by atoms with Gasteiger partial charge in [0.15, 0.2) is 5.82 Å². The minimum Gasteiger partial charge on any atom is -0.370 e. The van der Waals surface area contributed by atoms with E-state index >= 15 is 0 Å². The number of rotatable bonds is 3. The molecule has 1 aliphatic carbocycles. The first-order valence-corrected chi connectivity index (χ1v) is 7.33. The number of anilines is 1. The fourth-order valence-corrected chi connectivity index (χ4v) is 2.87. The van der Waals surface area contributed by atoms with Gasteiger partial charge >= 0.3 is 0 Å². The molecule has 2 aromatic rings. The van der Waals surface area contributed by atoms with Crippen molar-refractivity contribution in [2.75, 3.05) is 11.9 Å². The molecular formula is C13H18ClN5. The second kappa shape index (κ2) is 5.33. The predicted octanol–water partition coefficient (Wildman–Crippen LogP) is 3.26. The number of hydrogen-bond acceptors (Lipinski definition) is 4. The molecular weight excluding hydrogens is 262 g/mol. The van der Waals surface area contributed by atoms with Crippen LogP contribution < -0.4 is 5.32 Å². The molecule has 6 heteroatoms. The Kier molecular flexibility index (Phi) is 3.55. The standard InChI is InChI=1S/C13H18ClN5/c1-2-15-11-8-10(14)16-13-17-12(18-19(11)13)9-6-4-3-5-7-9/h8-9,15H,2-7H2,1H3. The molecule has 0 radical (unpaired) electrons. The Morgan fingerprint density at radius 3 is 2.84 bits per heavy atom. The van der Waals surface area contributed by atoms with Crippen molar-refractivity contribution in [2.45, 2.75) is 44.9 Å². The van der Waals surface area contributed by atoms with Crippen LogP contribution in [-0.4, -0.2) is 26.1 Å². The van der Waals surface area contributed by atoms with Crippen molar-refractivity contribution in [3.8, 4) is 0 Å². The Morgan fingerprint density at radius 1 is 1.32 bits per heavy atom. The summed E-state index contributed by atoms with van der Waals surface area (Å²) in [6, 6.07) is 1.79. The molecule has 2 aromatic heterocycles. The number of halogens is 1. The summed E-state index contributed by atoms with van der Waals surface area (Å²) in [5.41, 5.74) is 0. The van der Waals surface area contributed by atoms with E-state index in [4.69, 9.17) is 11.6 Å². The van der Waals surface area contributed by atoms with Crippen LogP contribution >= 0.6 is 11.6 Å². The number of fused-ring (bicyclic) bond motifs is 1. The van der Waals surface area contributed by atoms with Crippen molar-refractivity contribution < 1.29 is 0 Å². The number of nitrogens with one attached hydrogen (secondary N) is 1. The normalized spacial score (nSPS) is 16.9. The van der Waals surface area contributed by atoms with Gasteiger partial charge in [-0.3, -0.25) is 0 Å². The highest BCUT2D eigenvalue weighted by Crippen LogP contribution is 2.31. The molecule has 0 aromatic carbocycles. The summed E-state index contributed by atoms with van der Waals surface area (Å²) in [6.07, 6.45) is 6.24. The highest BCUT2D eigenvalue weighted by Gasteiger charge is 2.21. The monoisotopic (exact) mass is 279 g/mol. The van der Waals surface area contributed by atoms with Crippen LogP contribution in [0.4, 0.5) is 5.82 Å². The number of aromatic nitrogens is 4. The average molecular weight is 280 g/mol. The minimum absolute atomic E-state index is 0.450. The van der Waals surface area contributed by atoms with E-state index in [9.17, 15) is 0 Å². The Hall–Kier alpha value is -1.36. The van der Waals surface area contributed by atoms with E-state index in [0.717, 1.165) is 18.2 Å². The van der Waals surface area contributed by atoms with Gasteiger partial charge in [-0.2, -0.15) is 14.5 Å². The van der Waals surface area contributed by atoms with Crippen molar-refractivity contribution in [3.05, 3.63) is 17.0 Å². The molecule has 0 aliphatic heterocycles. The van der Waals surface area contributed by atoms with Gasteiger partial charge in [0.1, 0.15) is 11.0 Å². The van der Waals surface area contributed by atoms with Crippen LogP contribution in [0.15, 0.2) is 6.07 Å². The lowest BCUT2D eigenvalue weighted by atomic mass is 9.89. The maximum Gasteiger partial charge on any atom is 0.255 e. The van der Waals surface area contributed by atoms with Gasteiger partial charge < -0.3 is 5.32 Å². The van der Waals surface area contributed by atoms with Gasteiger partial charge in [0.05, 0.1) is 0 Å². The van der Waals surface area contributed by atoms with Gasteiger partial charge in [0, 0.05) is 18.5 Å². The van der Waals surface area contributed by atoms with Crippen LogP contribution in [0.25, 0.3) is 5.78 Å². The smallest absolute Gasteiger partial charge is 0.255 e. The number of nitrogens with zero attached hydrogens (tertiary/aromatic N) is 4. The van der Waals surface area contributed by atoms with Crippen LogP contribution in [0.5, 0.6) is 0 Å². The van der Waals surface area contributed by atoms with Gasteiger partial charge in [-0.25, -0.2) is 0 Å². The van der Waals surface area contributed by atoms with Crippen molar-refractivity contribution >= 4 is 23.2 Å². The molecule has 0 saturated heterocycles. The first-order valence-electron chi connectivity index (χ1n) is 6.95. The van der Waals surface area contributed by atoms with E-state index < -0.39 is 0 Å². The Labute approximate surface area is 117 Å². The highest BCUT2D eigenvalue weighted by atomic mass is 35.5. The topological polar surface area (TPSA) is 55.1 Å².